The van der Waals surface area contributed by atoms with Crippen molar-refractivity contribution in [3.63, 3.8) is 0 Å². The fourth-order valence-corrected chi connectivity index (χ4v) is 4.95. The molecule has 1 saturated heterocycles. The first-order valence-corrected chi connectivity index (χ1v) is 11.4. The van der Waals surface area contributed by atoms with Gasteiger partial charge in [-0.1, -0.05) is 6.07 Å². The van der Waals surface area contributed by atoms with Crippen LogP contribution in [-0.2, 0) is 10.0 Å². The zero-order valence-corrected chi connectivity index (χ0v) is 18.1. The molecule has 0 N–H and O–H groups in total. The van der Waals surface area contributed by atoms with E-state index in [0.29, 0.717) is 24.6 Å². The van der Waals surface area contributed by atoms with Gasteiger partial charge in [-0.3, -0.25) is 4.79 Å². The topological polar surface area (TPSA) is 75.5 Å². The molecule has 0 radical (unpaired) electrons. The summed E-state index contributed by atoms with van der Waals surface area (Å²) in [7, 11) is -3.69. The maximum absolute atomic E-state index is 13.1. The van der Waals surface area contributed by atoms with Crippen LogP contribution in [0.5, 0.6) is 0 Å². The predicted molar refractivity (Wildman–Crippen MR) is 117 cm³/mol. The van der Waals surface area contributed by atoms with Crippen LogP contribution < -0.4 is 10.5 Å². The van der Waals surface area contributed by atoms with Crippen LogP contribution in [0, 0.1) is 19.7 Å². The zero-order chi connectivity index (χ0) is 22.2. The fourth-order valence-electron chi connectivity index (χ4n) is 3.53. The van der Waals surface area contributed by atoms with Crippen molar-refractivity contribution in [3.8, 4) is 5.69 Å². The van der Waals surface area contributed by atoms with E-state index in [-0.39, 0.29) is 23.5 Å². The largest absolute Gasteiger partial charge is 0.353 e. The summed E-state index contributed by atoms with van der Waals surface area (Å²) in [5, 5.41) is 4.51. The van der Waals surface area contributed by atoms with Crippen LogP contribution >= 0.6 is 0 Å². The summed E-state index contributed by atoms with van der Waals surface area (Å²) >= 11 is 0. The van der Waals surface area contributed by atoms with Crippen LogP contribution in [0.3, 0.4) is 0 Å². The lowest BCUT2D eigenvalue weighted by Gasteiger charge is -2.34. The second-order valence-electron chi connectivity index (χ2n) is 7.56. The molecule has 1 fully saturated rings. The third-order valence-corrected chi connectivity index (χ3v) is 7.45. The second-order valence-corrected chi connectivity index (χ2v) is 9.49. The first-order chi connectivity index (χ1) is 14.8. The van der Waals surface area contributed by atoms with Crippen LogP contribution in [0.4, 0.5) is 10.2 Å². The maximum atomic E-state index is 13.1. The van der Waals surface area contributed by atoms with Gasteiger partial charge in [0.05, 0.1) is 10.6 Å². The van der Waals surface area contributed by atoms with Gasteiger partial charge in [-0.2, -0.15) is 8.99 Å². The lowest BCUT2D eigenvalue weighted by Crippen LogP contribution is -2.49. The number of sulfonamides is 1. The minimum absolute atomic E-state index is 0.0729. The molecule has 0 amide bonds. The number of rotatable bonds is 4. The smallest absolute Gasteiger partial charge is 0.271 e. The first-order valence-electron chi connectivity index (χ1n) is 9.94. The van der Waals surface area contributed by atoms with Crippen LogP contribution in [0.25, 0.3) is 5.69 Å². The average Bonchev–Trinajstić information content (AvgIpc) is 2.76. The molecule has 1 aromatic heterocycles. The van der Waals surface area contributed by atoms with Crippen LogP contribution in [0.2, 0.25) is 0 Å². The third-order valence-electron chi connectivity index (χ3n) is 5.54. The number of anilines is 1. The van der Waals surface area contributed by atoms with Gasteiger partial charge in [-0.15, -0.1) is 5.10 Å². The summed E-state index contributed by atoms with van der Waals surface area (Å²) in [6.45, 7) is 5.38. The SMILES string of the molecule is Cc1ccc(-n2nc(N3CCN(S(=O)(=O)c4ccc(F)cc4)CC3)ccc2=O)cc1C. The molecule has 162 valence electrons. The molecule has 3 aromatic rings. The Hall–Kier alpha value is -3.04. The minimum Gasteiger partial charge on any atom is -0.353 e. The van der Waals surface area contributed by atoms with Crippen molar-refractivity contribution in [2.75, 3.05) is 31.1 Å². The quantitative estimate of drug-likeness (QED) is 0.621. The Bertz CT molecular complexity index is 1260. The van der Waals surface area contributed by atoms with Crippen LogP contribution in [0.15, 0.2) is 64.3 Å². The number of aryl methyl sites for hydroxylation is 2. The van der Waals surface area contributed by atoms with Crippen LogP contribution in [-0.4, -0.2) is 48.7 Å². The van der Waals surface area contributed by atoms with Gasteiger partial charge in [0.25, 0.3) is 5.56 Å². The summed E-state index contributed by atoms with van der Waals surface area (Å²) in [6, 6.07) is 13.7. The Labute approximate surface area is 180 Å². The number of halogens is 1. The highest BCUT2D eigenvalue weighted by atomic mass is 32.2. The lowest BCUT2D eigenvalue weighted by molar-refractivity contribution is 0.383. The summed E-state index contributed by atoms with van der Waals surface area (Å²) in [5.41, 5.74) is 2.65. The van der Waals surface area contributed by atoms with E-state index >= 15 is 0 Å². The Balaban J connectivity index is 1.53. The van der Waals surface area contributed by atoms with E-state index in [1.165, 1.54) is 27.2 Å². The van der Waals surface area contributed by atoms with E-state index in [1.807, 2.05) is 36.9 Å². The highest BCUT2D eigenvalue weighted by Gasteiger charge is 2.29. The van der Waals surface area contributed by atoms with Crippen molar-refractivity contribution < 1.29 is 12.8 Å². The van der Waals surface area contributed by atoms with Crippen molar-refractivity contribution in [2.24, 2.45) is 0 Å². The van der Waals surface area contributed by atoms with E-state index < -0.39 is 15.8 Å². The first kappa shape index (κ1) is 21.2. The molecule has 0 aliphatic carbocycles. The molecule has 1 aliphatic heterocycles. The number of piperazine rings is 1. The van der Waals surface area contributed by atoms with Crippen molar-refractivity contribution in [3.05, 3.63) is 81.9 Å². The molecule has 0 spiro atoms. The van der Waals surface area contributed by atoms with Gasteiger partial charge in [-0.05, 0) is 67.4 Å². The van der Waals surface area contributed by atoms with Crippen LogP contribution in [0.1, 0.15) is 11.1 Å². The molecule has 4 rings (SSSR count). The van der Waals surface area contributed by atoms with Gasteiger partial charge < -0.3 is 4.90 Å². The number of nitrogens with zero attached hydrogens (tertiary/aromatic N) is 4. The van der Waals surface area contributed by atoms with Crippen molar-refractivity contribution in [1.82, 2.24) is 14.1 Å². The Kier molecular flexibility index (Phi) is 5.63. The van der Waals surface area contributed by atoms with Gasteiger partial charge >= 0.3 is 0 Å². The predicted octanol–water partition coefficient (Wildman–Crippen LogP) is 2.50. The lowest BCUT2D eigenvalue weighted by atomic mass is 10.1. The molecule has 2 heterocycles. The molecule has 2 aromatic carbocycles. The monoisotopic (exact) mass is 442 g/mol. The summed E-state index contributed by atoms with van der Waals surface area (Å²) in [5.74, 6) is 0.130. The molecule has 0 bridgehead atoms. The number of hydrogen-bond donors (Lipinski definition) is 0. The van der Waals surface area contributed by atoms with Gasteiger partial charge in [0.15, 0.2) is 0 Å². The van der Waals surface area contributed by atoms with E-state index in [0.717, 1.165) is 23.3 Å². The van der Waals surface area contributed by atoms with Crippen molar-refractivity contribution >= 4 is 15.8 Å². The highest BCUT2D eigenvalue weighted by molar-refractivity contribution is 7.89. The van der Waals surface area contributed by atoms with Gasteiger partial charge in [-0.25, -0.2) is 12.8 Å². The molecule has 7 nitrogen and oxygen atoms in total. The van der Waals surface area contributed by atoms with Gasteiger partial charge in [0.2, 0.25) is 10.0 Å². The second kappa shape index (κ2) is 8.24. The number of hydrogen-bond acceptors (Lipinski definition) is 5. The maximum Gasteiger partial charge on any atom is 0.271 e. The highest BCUT2D eigenvalue weighted by Crippen LogP contribution is 2.20. The van der Waals surface area contributed by atoms with Gasteiger partial charge in [0.1, 0.15) is 11.6 Å². The Morgan fingerprint density at radius 2 is 1.55 bits per heavy atom. The summed E-state index contributed by atoms with van der Waals surface area (Å²) in [6.07, 6.45) is 0. The number of aromatic nitrogens is 2. The summed E-state index contributed by atoms with van der Waals surface area (Å²) in [4.78, 5) is 14.4. The van der Waals surface area contributed by atoms with Crippen molar-refractivity contribution in [2.45, 2.75) is 18.7 Å². The molecule has 31 heavy (non-hydrogen) atoms. The third kappa shape index (κ3) is 4.24. The molecule has 0 atom stereocenters. The van der Waals surface area contributed by atoms with Gasteiger partial charge in [0, 0.05) is 32.2 Å². The Morgan fingerprint density at radius 1 is 0.871 bits per heavy atom. The average molecular weight is 443 g/mol. The fraction of sp³-hybridized carbons (Fsp3) is 0.273. The summed E-state index contributed by atoms with van der Waals surface area (Å²) < 4.78 is 41.5. The molecule has 0 saturated carbocycles. The molecular formula is C22H23FN4O3S. The molecular weight excluding hydrogens is 419 g/mol. The minimum atomic E-state index is -3.69. The van der Waals surface area contributed by atoms with E-state index in [2.05, 4.69) is 5.10 Å². The molecule has 9 heteroatoms. The number of benzene rings is 2. The van der Waals surface area contributed by atoms with E-state index in [1.54, 1.807) is 6.07 Å². The standard InChI is InChI=1S/C22H23FN4O3S/c1-16-3-6-19(15-17(16)2)27-22(28)10-9-21(24-27)25-11-13-26(14-12-25)31(29,30)20-7-4-18(23)5-8-20/h3-10,15H,11-14H2,1-2H3. The normalized spacial score (nSPS) is 15.3. The van der Waals surface area contributed by atoms with E-state index in [9.17, 15) is 17.6 Å². The van der Waals surface area contributed by atoms with E-state index in [4.69, 9.17) is 0 Å². The molecule has 1 aliphatic rings. The van der Waals surface area contributed by atoms with Crippen molar-refractivity contribution in [1.29, 1.82) is 0 Å². The Morgan fingerprint density at radius 3 is 2.19 bits per heavy atom. The molecule has 0 unspecified atom stereocenters. The zero-order valence-electron chi connectivity index (χ0n) is 17.3.